The number of halogens is 3. The molecule has 158 valence electrons. The zero-order valence-electron chi connectivity index (χ0n) is 16.5. The van der Waals surface area contributed by atoms with Crippen LogP contribution in [0.3, 0.4) is 0 Å². The molecule has 0 saturated carbocycles. The molecule has 30 heavy (non-hydrogen) atoms. The van der Waals surface area contributed by atoms with Crippen LogP contribution < -0.4 is 19.6 Å². The molecular formula is C22H19F3O5. The molecule has 8 heteroatoms. The van der Waals surface area contributed by atoms with Crippen LogP contribution in [0.25, 0.3) is 11.0 Å². The number of allylic oxidation sites excluding steroid dienone is 1. The summed E-state index contributed by atoms with van der Waals surface area (Å²) in [5, 5.41) is -0.0598. The van der Waals surface area contributed by atoms with Crippen LogP contribution in [0, 0.1) is 0 Å². The van der Waals surface area contributed by atoms with Crippen LogP contribution in [-0.2, 0) is 6.18 Å². The van der Waals surface area contributed by atoms with Gasteiger partial charge in [0.05, 0.1) is 12.5 Å². The first kappa shape index (κ1) is 21.3. The van der Waals surface area contributed by atoms with Gasteiger partial charge in [0.25, 0.3) is 5.76 Å². The van der Waals surface area contributed by atoms with Crippen molar-refractivity contribution in [3.8, 4) is 23.0 Å². The molecule has 0 aliphatic heterocycles. The zero-order chi connectivity index (χ0) is 21.9. The smallest absolute Gasteiger partial charge is 0.453 e. The minimum atomic E-state index is -4.94. The predicted octanol–water partition coefficient (Wildman–Crippen LogP) is 5.96. The highest BCUT2D eigenvalue weighted by Gasteiger charge is 2.40. The molecule has 2 aromatic carbocycles. The van der Waals surface area contributed by atoms with E-state index in [4.69, 9.17) is 18.6 Å². The van der Waals surface area contributed by atoms with Gasteiger partial charge in [-0.25, -0.2) is 0 Å². The van der Waals surface area contributed by atoms with Crippen LogP contribution >= 0.6 is 0 Å². The Labute approximate surface area is 170 Å². The van der Waals surface area contributed by atoms with Gasteiger partial charge in [0.15, 0.2) is 0 Å². The Morgan fingerprint density at radius 2 is 1.80 bits per heavy atom. The largest absolute Gasteiger partial charge is 0.497 e. The van der Waals surface area contributed by atoms with Crippen molar-refractivity contribution in [3.05, 3.63) is 70.1 Å². The molecule has 0 N–H and O–H groups in total. The van der Waals surface area contributed by atoms with E-state index >= 15 is 0 Å². The zero-order valence-corrected chi connectivity index (χ0v) is 16.5. The number of hydrogen-bond acceptors (Lipinski definition) is 5. The van der Waals surface area contributed by atoms with Crippen molar-refractivity contribution in [1.29, 1.82) is 0 Å². The van der Waals surface area contributed by atoms with Crippen molar-refractivity contribution in [2.75, 3.05) is 13.7 Å². The first-order valence-corrected chi connectivity index (χ1v) is 8.95. The predicted molar refractivity (Wildman–Crippen MR) is 105 cm³/mol. The first-order chi connectivity index (χ1) is 14.2. The van der Waals surface area contributed by atoms with E-state index in [2.05, 4.69) is 0 Å². The normalized spacial score (nSPS) is 11.3. The third kappa shape index (κ3) is 4.76. The Morgan fingerprint density at radius 1 is 1.07 bits per heavy atom. The standard InChI is InChI=1S/C22H19F3O5/c1-13(2)9-10-28-15-7-8-17-18(12-15)30-21(22(23,24)25)20(19(17)26)29-16-6-4-5-14(11-16)27-3/h4-9,11-12H,10H2,1-3H3. The number of methoxy groups -OCH3 is 1. The van der Waals surface area contributed by atoms with E-state index in [-0.39, 0.29) is 29.1 Å². The summed E-state index contributed by atoms with van der Waals surface area (Å²) in [7, 11) is 1.40. The van der Waals surface area contributed by atoms with Crippen molar-refractivity contribution in [2.45, 2.75) is 20.0 Å². The fraction of sp³-hybridized carbons (Fsp3) is 0.227. The van der Waals surface area contributed by atoms with Gasteiger partial charge < -0.3 is 18.6 Å². The summed E-state index contributed by atoms with van der Waals surface area (Å²) in [5.74, 6) is -1.82. The third-order valence-corrected chi connectivity index (χ3v) is 4.08. The molecule has 0 aliphatic rings. The fourth-order valence-corrected chi connectivity index (χ4v) is 2.61. The van der Waals surface area contributed by atoms with E-state index in [9.17, 15) is 18.0 Å². The third-order valence-electron chi connectivity index (χ3n) is 4.08. The quantitative estimate of drug-likeness (QED) is 0.461. The first-order valence-electron chi connectivity index (χ1n) is 8.95. The molecule has 0 bridgehead atoms. The van der Waals surface area contributed by atoms with E-state index in [0.29, 0.717) is 5.75 Å². The lowest BCUT2D eigenvalue weighted by Gasteiger charge is -2.14. The van der Waals surface area contributed by atoms with Gasteiger partial charge in [-0.15, -0.1) is 0 Å². The maximum absolute atomic E-state index is 13.6. The lowest BCUT2D eigenvalue weighted by atomic mass is 10.2. The molecule has 0 spiro atoms. The van der Waals surface area contributed by atoms with E-state index in [1.54, 1.807) is 6.07 Å². The molecule has 0 aliphatic carbocycles. The van der Waals surface area contributed by atoms with Gasteiger partial charge in [0.1, 0.15) is 29.4 Å². The number of fused-ring (bicyclic) bond motifs is 1. The monoisotopic (exact) mass is 420 g/mol. The van der Waals surface area contributed by atoms with Crippen molar-refractivity contribution < 1.29 is 31.8 Å². The summed E-state index contributed by atoms with van der Waals surface area (Å²) < 4.78 is 61.7. The topological polar surface area (TPSA) is 57.9 Å². The minimum absolute atomic E-state index is 0.00757. The maximum atomic E-state index is 13.6. The molecule has 3 aromatic rings. The van der Waals surface area contributed by atoms with Crippen molar-refractivity contribution in [3.63, 3.8) is 0 Å². The number of alkyl halides is 3. The summed E-state index contributed by atoms with van der Waals surface area (Å²) in [4.78, 5) is 12.8. The van der Waals surface area contributed by atoms with Crippen LogP contribution in [0.5, 0.6) is 23.0 Å². The molecule has 0 saturated heterocycles. The summed E-state index contributed by atoms with van der Waals surface area (Å²) in [6.45, 7) is 4.02. The van der Waals surface area contributed by atoms with Crippen LogP contribution in [0.15, 0.2) is 63.3 Å². The molecule has 0 atom stereocenters. The second-order valence-electron chi connectivity index (χ2n) is 6.62. The van der Waals surface area contributed by atoms with Crippen LogP contribution in [0.4, 0.5) is 13.2 Å². The number of rotatable bonds is 6. The van der Waals surface area contributed by atoms with Crippen LogP contribution in [-0.4, -0.2) is 13.7 Å². The van der Waals surface area contributed by atoms with Gasteiger partial charge in [0, 0.05) is 12.1 Å². The second kappa shape index (κ2) is 8.52. The summed E-state index contributed by atoms with van der Waals surface area (Å²) in [6, 6.07) is 9.98. The molecule has 0 amide bonds. The molecule has 0 unspecified atom stereocenters. The molecule has 3 rings (SSSR count). The van der Waals surface area contributed by atoms with E-state index in [1.165, 1.54) is 43.5 Å². The van der Waals surface area contributed by atoms with Crippen LogP contribution in [0.1, 0.15) is 19.6 Å². The molecule has 5 nitrogen and oxygen atoms in total. The average Bonchev–Trinajstić information content (AvgIpc) is 2.69. The van der Waals surface area contributed by atoms with Gasteiger partial charge in [-0.2, -0.15) is 13.2 Å². The number of benzene rings is 2. The van der Waals surface area contributed by atoms with E-state index < -0.39 is 23.1 Å². The van der Waals surface area contributed by atoms with Crippen molar-refractivity contribution in [2.24, 2.45) is 0 Å². The molecule has 1 heterocycles. The van der Waals surface area contributed by atoms with Gasteiger partial charge in [-0.3, -0.25) is 4.79 Å². The molecule has 1 aromatic heterocycles. The Morgan fingerprint density at radius 3 is 2.47 bits per heavy atom. The van der Waals surface area contributed by atoms with Gasteiger partial charge >= 0.3 is 6.18 Å². The fourth-order valence-electron chi connectivity index (χ4n) is 2.61. The number of ether oxygens (including phenoxy) is 3. The summed E-state index contributed by atoms with van der Waals surface area (Å²) in [5.41, 5.74) is -0.164. The highest BCUT2D eigenvalue weighted by Crippen LogP contribution is 2.39. The Balaban J connectivity index is 2.08. The number of hydrogen-bond donors (Lipinski definition) is 0. The SMILES string of the molecule is COc1cccc(Oc2c(C(F)(F)F)oc3cc(OCC=C(C)C)ccc3c2=O)c1. The van der Waals surface area contributed by atoms with Gasteiger partial charge in [-0.05, 0) is 44.2 Å². The highest BCUT2D eigenvalue weighted by molar-refractivity contribution is 5.79. The summed E-state index contributed by atoms with van der Waals surface area (Å²) >= 11 is 0. The van der Waals surface area contributed by atoms with Crippen molar-refractivity contribution in [1.82, 2.24) is 0 Å². The van der Waals surface area contributed by atoms with Gasteiger partial charge in [0.2, 0.25) is 11.2 Å². The van der Waals surface area contributed by atoms with E-state index in [0.717, 1.165) is 5.57 Å². The Bertz CT molecular complexity index is 1140. The minimum Gasteiger partial charge on any atom is -0.497 e. The second-order valence-corrected chi connectivity index (χ2v) is 6.62. The summed E-state index contributed by atoms with van der Waals surface area (Å²) in [6.07, 6.45) is -3.13. The van der Waals surface area contributed by atoms with Crippen LogP contribution in [0.2, 0.25) is 0 Å². The maximum Gasteiger partial charge on any atom is 0.453 e. The average molecular weight is 420 g/mol. The molecule has 0 fully saturated rings. The van der Waals surface area contributed by atoms with E-state index in [1.807, 2.05) is 19.9 Å². The Kier molecular flexibility index (Phi) is 6.05. The highest BCUT2D eigenvalue weighted by atomic mass is 19.4. The lowest BCUT2D eigenvalue weighted by Crippen LogP contribution is -2.15. The Hall–Kier alpha value is -3.42. The van der Waals surface area contributed by atoms with Crippen molar-refractivity contribution >= 4 is 11.0 Å². The molecule has 0 radical (unpaired) electrons. The van der Waals surface area contributed by atoms with Gasteiger partial charge in [-0.1, -0.05) is 11.6 Å². The molecular weight excluding hydrogens is 401 g/mol. The lowest BCUT2D eigenvalue weighted by molar-refractivity contribution is -0.154.